The first kappa shape index (κ1) is 17.8. The summed E-state index contributed by atoms with van der Waals surface area (Å²) in [6.45, 7) is 5.48. The van der Waals surface area contributed by atoms with Gasteiger partial charge in [-0.25, -0.2) is 0 Å². The molecule has 0 spiro atoms. The van der Waals surface area contributed by atoms with E-state index in [1.807, 2.05) is 18.2 Å². The van der Waals surface area contributed by atoms with Crippen molar-refractivity contribution in [1.29, 1.82) is 5.26 Å². The van der Waals surface area contributed by atoms with E-state index in [9.17, 15) is 10.1 Å². The van der Waals surface area contributed by atoms with Gasteiger partial charge in [-0.15, -0.1) is 0 Å². The maximum atomic E-state index is 11.2. The van der Waals surface area contributed by atoms with Gasteiger partial charge in [-0.2, -0.15) is 5.26 Å². The Hall–Kier alpha value is -2.64. The van der Waals surface area contributed by atoms with Crippen LogP contribution in [-0.4, -0.2) is 36.9 Å². The molecule has 4 heteroatoms. The van der Waals surface area contributed by atoms with Crippen LogP contribution < -0.4 is 4.74 Å². The number of nitrogens with zero attached hydrogens (tertiary/aromatic N) is 2. The normalized spacial score (nSPS) is 21.0. The molecule has 0 bridgehead atoms. The van der Waals surface area contributed by atoms with Crippen LogP contribution in [0.3, 0.4) is 0 Å². The Morgan fingerprint density at radius 3 is 2.70 bits per heavy atom. The summed E-state index contributed by atoms with van der Waals surface area (Å²) in [6, 6.07) is 16.4. The Morgan fingerprint density at radius 2 is 1.96 bits per heavy atom. The van der Waals surface area contributed by atoms with E-state index in [0.29, 0.717) is 23.8 Å². The van der Waals surface area contributed by atoms with E-state index in [4.69, 9.17) is 4.74 Å². The monoisotopic (exact) mass is 360 g/mol. The van der Waals surface area contributed by atoms with E-state index in [1.54, 1.807) is 6.92 Å². The summed E-state index contributed by atoms with van der Waals surface area (Å²) in [7, 11) is 0. The van der Waals surface area contributed by atoms with Crippen molar-refractivity contribution in [3.8, 4) is 11.8 Å². The molecule has 0 radical (unpaired) electrons. The molecule has 0 N–H and O–H groups in total. The summed E-state index contributed by atoms with van der Waals surface area (Å²) in [5.41, 5.74) is 4.30. The number of rotatable bonds is 5. The van der Waals surface area contributed by atoms with Gasteiger partial charge in [0.1, 0.15) is 11.5 Å². The van der Waals surface area contributed by atoms with Gasteiger partial charge in [0.2, 0.25) is 0 Å². The third-order valence-electron chi connectivity index (χ3n) is 5.70. The highest BCUT2D eigenvalue weighted by Crippen LogP contribution is 2.41. The minimum atomic E-state index is 0.199. The molecule has 2 atom stereocenters. The maximum Gasteiger partial charge on any atom is 0.134 e. The van der Waals surface area contributed by atoms with Gasteiger partial charge in [0, 0.05) is 43.5 Å². The second kappa shape index (κ2) is 7.54. The third kappa shape index (κ3) is 3.89. The highest BCUT2D eigenvalue weighted by molar-refractivity contribution is 5.78. The fourth-order valence-corrected chi connectivity index (χ4v) is 4.30. The van der Waals surface area contributed by atoms with Gasteiger partial charge in [0.05, 0.1) is 18.2 Å². The molecule has 1 saturated heterocycles. The molecule has 0 saturated carbocycles. The molecule has 0 aliphatic carbocycles. The third-order valence-corrected chi connectivity index (χ3v) is 5.70. The van der Waals surface area contributed by atoms with Crippen molar-refractivity contribution in [2.75, 3.05) is 26.2 Å². The summed E-state index contributed by atoms with van der Waals surface area (Å²) >= 11 is 0. The predicted octanol–water partition coefficient (Wildman–Crippen LogP) is 3.34. The second-order valence-corrected chi connectivity index (χ2v) is 7.75. The fraction of sp³-hybridized carbons (Fsp3) is 0.391. The lowest BCUT2D eigenvalue weighted by atomic mass is 9.86. The summed E-state index contributed by atoms with van der Waals surface area (Å²) in [4.78, 5) is 13.7. The van der Waals surface area contributed by atoms with Crippen molar-refractivity contribution in [2.45, 2.75) is 25.7 Å². The zero-order valence-electron chi connectivity index (χ0n) is 15.6. The zero-order chi connectivity index (χ0) is 18.8. The van der Waals surface area contributed by atoms with Crippen molar-refractivity contribution < 1.29 is 9.53 Å². The van der Waals surface area contributed by atoms with Crippen LogP contribution in [0.5, 0.6) is 5.75 Å². The first-order chi connectivity index (χ1) is 13.1. The zero-order valence-corrected chi connectivity index (χ0v) is 15.6. The average molecular weight is 360 g/mol. The Bertz CT molecular complexity index is 882. The number of likely N-dealkylation sites (tertiary alicyclic amines) is 1. The van der Waals surface area contributed by atoms with Gasteiger partial charge in [0.15, 0.2) is 0 Å². The Balaban J connectivity index is 1.38. The molecule has 2 heterocycles. The van der Waals surface area contributed by atoms with Gasteiger partial charge >= 0.3 is 0 Å². The molecular weight excluding hydrogens is 336 g/mol. The molecule has 138 valence electrons. The summed E-state index contributed by atoms with van der Waals surface area (Å²) in [5.74, 6) is 2.10. The van der Waals surface area contributed by atoms with E-state index >= 15 is 0 Å². The van der Waals surface area contributed by atoms with Gasteiger partial charge in [-0.1, -0.05) is 24.3 Å². The minimum Gasteiger partial charge on any atom is -0.493 e. The largest absolute Gasteiger partial charge is 0.493 e. The van der Waals surface area contributed by atoms with Crippen LogP contribution in [0.25, 0.3) is 0 Å². The summed E-state index contributed by atoms with van der Waals surface area (Å²) in [5, 5.41) is 9.19. The molecule has 0 unspecified atom stereocenters. The van der Waals surface area contributed by atoms with Gasteiger partial charge in [0.25, 0.3) is 0 Å². The highest BCUT2D eigenvalue weighted by Gasteiger charge is 2.38. The van der Waals surface area contributed by atoms with Crippen molar-refractivity contribution in [3.05, 3.63) is 64.7 Å². The molecule has 2 aliphatic rings. The first-order valence-corrected chi connectivity index (χ1v) is 9.59. The molecule has 4 rings (SSSR count). The van der Waals surface area contributed by atoms with Gasteiger partial charge < -0.3 is 9.64 Å². The van der Waals surface area contributed by atoms with Crippen LogP contribution in [0.15, 0.2) is 42.5 Å². The number of nitriles is 1. The van der Waals surface area contributed by atoms with Crippen LogP contribution in [0, 0.1) is 17.2 Å². The number of carbonyl (C=O) groups is 1. The number of ketones is 1. The van der Waals surface area contributed by atoms with Crippen molar-refractivity contribution >= 4 is 5.78 Å². The molecule has 27 heavy (non-hydrogen) atoms. The quantitative estimate of drug-likeness (QED) is 0.821. The predicted molar refractivity (Wildman–Crippen MR) is 104 cm³/mol. The number of hydrogen-bond donors (Lipinski definition) is 0. The topological polar surface area (TPSA) is 53.3 Å². The van der Waals surface area contributed by atoms with Gasteiger partial charge in [-0.3, -0.25) is 4.79 Å². The van der Waals surface area contributed by atoms with Crippen molar-refractivity contribution in [3.63, 3.8) is 0 Å². The van der Waals surface area contributed by atoms with E-state index in [1.165, 1.54) is 11.1 Å². The van der Waals surface area contributed by atoms with E-state index < -0.39 is 0 Å². The lowest BCUT2D eigenvalue weighted by Crippen LogP contribution is -2.25. The Kier molecular flexibility index (Phi) is 4.96. The summed E-state index contributed by atoms with van der Waals surface area (Å²) < 4.78 is 5.93. The lowest BCUT2D eigenvalue weighted by Gasteiger charge is -2.27. The fourth-order valence-electron chi connectivity index (χ4n) is 4.30. The highest BCUT2D eigenvalue weighted by atomic mass is 16.5. The molecule has 1 fully saturated rings. The number of ether oxygens (including phenoxy) is 1. The first-order valence-electron chi connectivity index (χ1n) is 9.59. The van der Waals surface area contributed by atoms with Crippen LogP contribution >= 0.6 is 0 Å². The average Bonchev–Trinajstić information content (AvgIpc) is 3.10. The molecule has 2 aromatic carbocycles. The van der Waals surface area contributed by atoms with Gasteiger partial charge in [-0.05, 0) is 42.7 Å². The smallest absolute Gasteiger partial charge is 0.134 e. The number of carbonyl (C=O) groups excluding carboxylic acids is 1. The maximum absolute atomic E-state index is 11.2. The van der Waals surface area contributed by atoms with Crippen molar-refractivity contribution in [1.82, 2.24) is 4.90 Å². The number of Topliss-reactive ketones (excluding diaryl/α,β-unsaturated/α-hetero) is 1. The van der Waals surface area contributed by atoms with Crippen LogP contribution in [0.4, 0.5) is 0 Å². The number of benzene rings is 2. The minimum absolute atomic E-state index is 0.199. The van der Waals surface area contributed by atoms with Crippen LogP contribution in [0.2, 0.25) is 0 Å². The van der Waals surface area contributed by atoms with E-state index in [2.05, 4.69) is 35.2 Å². The van der Waals surface area contributed by atoms with E-state index in [0.717, 1.165) is 44.0 Å². The Morgan fingerprint density at radius 1 is 1.19 bits per heavy atom. The molecule has 2 aromatic rings. The van der Waals surface area contributed by atoms with Crippen LogP contribution in [-0.2, 0) is 17.6 Å². The summed E-state index contributed by atoms with van der Waals surface area (Å²) in [6.07, 6.45) is 1.52. The number of fused-ring (bicyclic) bond motifs is 3. The molecule has 2 aliphatic heterocycles. The lowest BCUT2D eigenvalue weighted by molar-refractivity contribution is -0.116. The molecule has 0 amide bonds. The molecular formula is C23H24N2O2. The van der Waals surface area contributed by atoms with Crippen LogP contribution in [0.1, 0.15) is 35.1 Å². The SMILES string of the molecule is CC(=O)Cc1ccc(CCN2C[C@H]3COc4ccc(C#N)cc4[C@@H]3C2)cc1. The van der Waals surface area contributed by atoms with Crippen molar-refractivity contribution in [2.24, 2.45) is 5.92 Å². The molecule has 4 nitrogen and oxygen atoms in total. The van der Waals surface area contributed by atoms with E-state index in [-0.39, 0.29) is 5.78 Å². The molecule has 0 aromatic heterocycles. The second-order valence-electron chi connectivity index (χ2n) is 7.75. The standard InChI is InChI=1S/C23H24N2O2/c1-16(26)10-18-4-2-17(3-5-18)8-9-25-13-20-15-27-23-7-6-19(12-24)11-21(23)22(20)14-25/h2-7,11,20,22H,8-10,13-15H2,1H3/t20-,22+/m0/s1. The Labute approximate surface area is 160 Å². The number of hydrogen-bond acceptors (Lipinski definition) is 4.